The Morgan fingerprint density at radius 2 is 2.33 bits per heavy atom. The van der Waals surface area contributed by atoms with Crippen LogP contribution in [0.1, 0.15) is 27.9 Å². The van der Waals surface area contributed by atoms with Gasteiger partial charge in [-0.1, -0.05) is 18.3 Å². The molecular weight excluding hydrogens is 268 g/mol. The summed E-state index contributed by atoms with van der Waals surface area (Å²) in [6, 6.07) is 2.06. The van der Waals surface area contributed by atoms with Crippen LogP contribution in [0, 0.1) is 0 Å². The number of aromatic carboxylic acids is 1. The molecule has 2 aromatic rings. The van der Waals surface area contributed by atoms with E-state index in [0.717, 1.165) is 11.7 Å². The maximum absolute atomic E-state index is 11.1. The van der Waals surface area contributed by atoms with Crippen molar-refractivity contribution in [3.63, 3.8) is 0 Å². The lowest BCUT2D eigenvalue weighted by molar-refractivity contribution is 0.0701. The largest absolute Gasteiger partial charge is 0.477 e. The molecule has 96 valence electrons. The molecule has 6 heteroatoms. The summed E-state index contributed by atoms with van der Waals surface area (Å²) in [6.45, 7) is 2.67. The Labute approximate surface area is 114 Å². The second-order valence-electron chi connectivity index (χ2n) is 3.92. The minimum Gasteiger partial charge on any atom is -0.477 e. The number of carboxylic acids is 1. The van der Waals surface area contributed by atoms with Crippen LogP contribution in [-0.4, -0.2) is 23.1 Å². The lowest BCUT2D eigenvalue weighted by Crippen LogP contribution is -2.15. The van der Waals surface area contributed by atoms with E-state index in [1.807, 2.05) is 24.3 Å². The number of anilines is 1. The summed E-state index contributed by atoms with van der Waals surface area (Å²) in [7, 11) is 1.93. The van der Waals surface area contributed by atoms with Crippen molar-refractivity contribution >= 4 is 33.8 Å². The van der Waals surface area contributed by atoms with Crippen LogP contribution in [0.25, 0.3) is 0 Å². The zero-order chi connectivity index (χ0) is 13.1. The number of thiophene rings is 1. The van der Waals surface area contributed by atoms with Crippen LogP contribution in [-0.2, 0) is 13.0 Å². The molecule has 1 N–H and O–H groups in total. The van der Waals surface area contributed by atoms with Crippen molar-refractivity contribution in [3.05, 3.63) is 33.0 Å². The fraction of sp³-hybridized carbons (Fsp3) is 0.333. The lowest BCUT2D eigenvalue weighted by Gasteiger charge is -2.14. The van der Waals surface area contributed by atoms with Crippen LogP contribution in [0.4, 0.5) is 5.13 Å². The summed E-state index contributed by atoms with van der Waals surface area (Å²) in [5.41, 5.74) is 1.88. The summed E-state index contributed by atoms with van der Waals surface area (Å²) in [5.74, 6) is -0.889. The van der Waals surface area contributed by atoms with Gasteiger partial charge in [-0.15, -0.1) is 0 Å². The van der Waals surface area contributed by atoms with Crippen LogP contribution >= 0.6 is 22.7 Å². The maximum atomic E-state index is 11.1. The second-order valence-corrected chi connectivity index (χ2v) is 5.68. The van der Waals surface area contributed by atoms with E-state index in [2.05, 4.69) is 16.4 Å². The normalized spacial score (nSPS) is 10.6. The molecule has 0 aliphatic rings. The first-order chi connectivity index (χ1) is 8.61. The van der Waals surface area contributed by atoms with Crippen LogP contribution in [0.5, 0.6) is 0 Å². The summed E-state index contributed by atoms with van der Waals surface area (Å²) >= 11 is 2.90. The minimum atomic E-state index is -0.889. The number of carbonyl (C=O) groups is 1. The zero-order valence-electron chi connectivity index (χ0n) is 10.2. The fourth-order valence-electron chi connectivity index (χ4n) is 1.63. The molecule has 0 spiro atoms. The van der Waals surface area contributed by atoms with E-state index in [4.69, 9.17) is 5.11 Å². The quantitative estimate of drug-likeness (QED) is 0.915. The van der Waals surface area contributed by atoms with Gasteiger partial charge < -0.3 is 10.0 Å². The van der Waals surface area contributed by atoms with E-state index in [0.29, 0.717) is 17.0 Å². The van der Waals surface area contributed by atoms with Gasteiger partial charge in [-0.3, -0.25) is 0 Å². The third-order valence-corrected chi connectivity index (χ3v) is 4.47. The monoisotopic (exact) mass is 282 g/mol. The SMILES string of the molecule is CCc1nc(N(C)Cc2ccsc2)sc1C(=O)O. The van der Waals surface area contributed by atoms with Gasteiger partial charge in [0, 0.05) is 13.6 Å². The number of hydrogen-bond donors (Lipinski definition) is 1. The summed E-state index contributed by atoms with van der Waals surface area (Å²) < 4.78 is 0. The van der Waals surface area contributed by atoms with E-state index < -0.39 is 5.97 Å². The van der Waals surface area contributed by atoms with Gasteiger partial charge in [0.05, 0.1) is 5.69 Å². The first kappa shape index (κ1) is 13.0. The molecule has 0 radical (unpaired) electrons. The highest BCUT2D eigenvalue weighted by Crippen LogP contribution is 2.27. The molecule has 0 unspecified atom stereocenters. The van der Waals surface area contributed by atoms with Crippen molar-refractivity contribution in [3.8, 4) is 0 Å². The third-order valence-electron chi connectivity index (χ3n) is 2.54. The molecule has 0 bridgehead atoms. The van der Waals surface area contributed by atoms with Gasteiger partial charge in [0.1, 0.15) is 4.88 Å². The number of nitrogens with zero attached hydrogens (tertiary/aromatic N) is 2. The highest BCUT2D eigenvalue weighted by Gasteiger charge is 2.18. The third kappa shape index (κ3) is 2.70. The molecular formula is C12H14N2O2S2. The first-order valence-corrected chi connectivity index (χ1v) is 7.33. The number of thiazole rings is 1. The number of hydrogen-bond acceptors (Lipinski definition) is 5. The maximum Gasteiger partial charge on any atom is 0.347 e. The van der Waals surface area contributed by atoms with Crippen LogP contribution in [0.15, 0.2) is 16.8 Å². The second kappa shape index (κ2) is 5.49. The van der Waals surface area contributed by atoms with Gasteiger partial charge in [0.25, 0.3) is 0 Å². The number of rotatable bonds is 5. The van der Waals surface area contributed by atoms with E-state index >= 15 is 0 Å². The van der Waals surface area contributed by atoms with Crippen molar-refractivity contribution in [2.45, 2.75) is 19.9 Å². The van der Waals surface area contributed by atoms with Crippen LogP contribution < -0.4 is 4.90 Å². The predicted octanol–water partition coefficient (Wildman–Crippen LogP) is 3.10. The van der Waals surface area contributed by atoms with Gasteiger partial charge >= 0.3 is 5.97 Å². The standard InChI is InChI=1S/C12H14N2O2S2/c1-3-9-10(11(15)16)18-12(13-9)14(2)6-8-4-5-17-7-8/h4-5,7H,3,6H2,1-2H3,(H,15,16). The van der Waals surface area contributed by atoms with Crippen molar-refractivity contribution < 1.29 is 9.90 Å². The lowest BCUT2D eigenvalue weighted by atomic mass is 10.3. The van der Waals surface area contributed by atoms with Gasteiger partial charge in [0.2, 0.25) is 0 Å². The summed E-state index contributed by atoms with van der Waals surface area (Å²) in [4.78, 5) is 17.8. The molecule has 0 fully saturated rings. The Morgan fingerprint density at radius 1 is 1.56 bits per heavy atom. The molecule has 18 heavy (non-hydrogen) atoms. The van der Waals surface area contributed by atoms with Gasteiger partial charge in [0.15, 0.2) is 5.13 Å². The molecule has 2 aromatic heterocycles. The molecule has 0 aliphatic heterocycles. The molecule has 0 atom stereocenters. The molecule has 2 rings (SSSR count). The van der Waals surface area contributed by atoms with Gasteiger partial charge in [-0.2, -0.15) is 11.3 Å². The van der Waals surface area contributed by atoms with Crippen molar-refractivity contribution in [2.24, 2.45) is 0 Å². The summed E-state index contributed by atoms with van der Waals surface area (Å²) in [6.07, 6.45) is 0.643. The first-order valence-electron chi connectivity index (χ1n) is 5.57. The van der Waals surface area contributed by atoms with E-state index in [-0.39, 0.29) is 0 Å². The smallest absolute Gasteiger partial charge is 0.347 e. The highest BCUT2D eigenvalue weighted by atomic mass is 32.1. The predicted molar refractivity (Wildman–Crippen MR) is 74.9 cm³/mol. The Morgan fingerprint density at radius 3 is 2.83 bits per heavy atom. The molecule has 0 aliphatic carbocycles. The Bertz CT molecular complexity index is 534. The number of carboxylic acid groups (broad SMARTS) is 1. The average Bonchev–Trinajstić information content (AvgIpc) is 2.96. The van der Waals surface area contributed by atoms with E-state index in [1.165, 1.54) is 16.9 Å². The van der Waals surface area contributed by atoms with Gasteiger partial charge in [-0.25, -0.2) is 9.78 Å². The topological polar surface area (TPSA) is 53.4 Å². The highest BCUT2D eigenvalue weighted by molar-refractivity contribution is 7.17. The van der Waals surface area contributed by atoms with Gasteiger partial charge in [-0.05, 0) is 28.8 Å². The Hall–Kier alpha value is -1.40. The van der Waals surface area contributed by atoms with Crippen molar-refractivity contribution in [1.29, 1.82) is 0 Å². The Balaban J connectivity index is 2.20. The summed E-state index contributed by atoms with van der Waals surface area (Å²) in [5, 5.41) is 14.0. The Kier molecular flexibility index (Phi) is 3.98. The van der Waals surface area contributed by atoms with Crippen LogP contribution in [0.3, 0.4) is 0 Å². The molecule has 0 aromatic carbocycles. The molecule has 0 saturated heterocycles. The molecule has 0 saturated carbocycles. The van der Waals surface area contributed by atoms with E-state index in [9.17, 15) is 4.79 Å². The van der Waals surface area contributed by atoms with E-state index in [1.54, 1.807) is 11.3 Å². The molecule has 0 amide bonds. The zero-order valence-corrected chi connectivity index (χ0v) is 11.8. The van der Waals surface area contributed by atoms with Crippen molar-refractivity contribution in [1.82, 2.24) is 4.98 Å². The molecule has 4 nitrogen and oxygen atoms in total. The average molecular weight is 282 g/mol. The number of aromatic nitrogens is 1. The minimum absolute atomic E-state index is 0.352. The van der Waals surface area contributed by atoms with Crippen LogP contribution in [0.2, 0.25) is 0 Å². The van der Waals surface area contributed by atoms with Crippen molar-refractivity contribution in [2.75, 3.05) is 11.9 Å². The fourth-order valence-corrected chi connectivity index (χ4v) is 3.25. The molecule has 2 heterocycles. The number of aryl methyl sites for hydroxylation is 1.